The van der Waals surface area contributed by atoms with Gasteiger partial charge in [-0.25, -0.2) is 4.68 Å². The van der Waals surface area contributed by atoms with Gasteiger partial charge in [-0.1, -0.05) is 22.9 Å². The fraction of sp³-hybridized carbons (Fsp3) is 0.217. The molecule has 0 aliphatic rings. The summed E-state index contributed by atoms with van der Waals surface area (Å²) in [4.78, 5) is 25.1. The molecule has 0 spiro atoms. The predicted octanol–water partition coefficient (Wildman–Crippen LogP) is 2.10. The van der Waals surface area contributed by atoms with Crippen LogP contribution in [-0.2, 0) is 6.54 Å². The Labute approximate surface area is 209 Å². The lowest BCUT2D eigenvalue weighted by Crippen LogP contribution is -2.22. The smallest absolute Gasteiger partial charge is 0.261 e. The summed E-state index contributed by atoms with van der Waals surface area (Å²) >= 11 is 7.08. The van der Waals surface area contributed by atoms with Crippen LogP contribution in [0.3, 0.4) is 0 Å². The van der Waals surface area contributed by atoms with E-state index in [1.54, 1.807) is 60.3 Å². The van der Waals surface area contributed by atoms with E-state index in [0.717, 1.165) is 0 Å². The van der Waals surface area contributed by atoms with Crippen molar-refractivity contribution in [3.8, 4) is 17.1 Å². The zero-order valence-corrected chi connectivity index (χ0v) is 20.2. The van der Waals surface area contributed by atoms with Crippen molar-refractivity contribution in [2.45, 2.75) is 19.6 Å². The highest BCUT2D eigenvalue weighted by molar-refractivity contribution is 7.17. The maximum atomic E-state index is 12.3. The minimum Gasteiger partial charge on any atom is -0.488 e. The largest absolute Gasteiger partial charge is 0.488 e. The fourth-order valence-corrected chi connectivity index (χ4v) is 4.22. The maximum absolute atomic E-state index is 12.3. The number of nitrogens with one attached hydrogen (secondary N) is 1. The number of hydrogen-bond acceptors (Lipinski definition) is 8. The van der Waals surface area contributed by atoms with Crippen molar-refractivity contribution in [3.63, 3.8) is 0 Å². The fourth-order valence-electron chi connectivity index (χ4n) is 3.26. The summed E-state index contributed by atoms with van der Waals surface area (Å²) < 4.78 is 9.29. The molecular weight excluding hydrogens is 494 g/mol. The van der Waals surface area contributed by atoms with Crippen LogP contribution < -0.4 is 15.6 Å². The highest BCUT2D eigenvalue weighted by atomic mass is 35.5. The van der Waals surface area contributed by atoms with Crippen LogP contribution in [0.15, 0.2) is 59.5 Å². The van der Waals surface area contributed by atoms with Gasteiger partial charge in [0.1, 0.15) is 29.8 Å². The standard InChI is InChI=1S/C23H22ClN5O5S/c1-14-17(11-25-23(33)20-7-8-21(24)35-20)26-27-29(14)18-6-5-15(28-9-3-2-4-22(28)32)10-19(18)34-13-16(31)12-30/h2-10,16,30-31H,11-13H2,1H3,(H,25,33)/t16-/m0/s1. The Hall–Kier alpha value is -3.51. The number of hydrogen-bond donors (Lipinski definition) is 3. The van der Waals surface area contributed by atoms with Gasteiger partial charge in [-0.05, 0) is 37.3 Å². The van der Waals surface area contributed by atoms with Gasteiger partial charge in [0.2, 0.25) is 0 Å². The maximum Gasteiger partial charge on any atom is 0.261 e. The highest BCUT2D eigenvalue weighted by Crippen LogP contribution is 2.27. The Morgan fingerprint density at radius 1 is 1.26 bits per heavy atom. The Bertz CT molecular complexity index is 1400. The molecule has 0 bridgehead atoms. The van der Waals surface area contributed by atoms with E-state index in [2.05, 4.69) is 15.6 Å². The topological polar surface area (TPSA) is 132 Å². The first-order chi connectivity index (χ1) is 16.9. The molecule has 0 aliphatic carbocycles. The molecule has 1 amide bonds. The first-order valence-corrected chi connectivity index (χ1v) is 11.8. The minimum atomic E-state index is -1.08. The molecule has 12 heteroatoms. The number of aliphatic hydroxyl groups excluding tert-OH is 2. The molecule has 10 nitrogen and oxygen atoms in total. The van der Waals surface area contributed by atoms with Gasteiger partial charge < -0.3 is 20.3 Å². The van der Waals surface area contributed by atoms with Crippen molar-refractivity contribution in [2.24, 2.45) is 0 Å². The van der Waals surface area contributed by atoms with Crippen LogP contribution in [0.25, 0.3) is 11.4 Å². The SMILES string of the molecule is Cc1c(CNC(=O)c2ccc(Cl)s2)nnn1-c1ccc(-n2ccccc2=O)cc1OC[C@@H](O)CO. The Kier molecular flexibility index (Phi) is 7.61. The zero-order valence-electron chi connectivity index (χ0n) is 18.6. The van der Waals surface area contributed by atoms with Gasteiger partial charge in [-0.15, -0.1) is 16.4 Å². The molecule has 4 rings (SSSR count). The van der Waals surface area contributed by atoms with Gasteiger partial charge in [0, 0.05) is 18.3 Å². The molecule has 3 aromatic heterocycles. The molecule has 0 unspecified atom stereocenters. The zero-order chi connectivity index (χ0) is 24.9. The monoisotopic (exact) mass is 515 g/mol. The number of halogens is 1. The second-order valence-electron chi connectivity index (χ2n) is 7.53. The summed E-state index contributed by atoms with van der Waals surface area (Å²) in [5.41, 5.74) is 2.05. The molecule has 35 heavy (non-hydrogen) atoms. The average Bonchev–Trinajstić information content (AvgIpc) is 3.46. The van der Waals surface area contributed by atoms with E-state index in [0.29, 0.717) is 37.7 Å². The molecule has 3 heterocycles. The van der Waals surface area contributed by atoms with Crippen molar-refractivity contribution in [3.05, 3.63) is 85.7 Å². The van der Waals surface area contributed by atoms with E-state index in [4.69, 9.17) is 21.4 Å². The second-order valence-corrected chi connectivity index (χ2v) is 9.24. The summed E-state index contributed by atoms with van der Waals surface area (Å²) in [5, 5.41) is 30.1. The third kappa shape index (κ3) is 5.60. The van der Waals surface area contributed by atoms with Crippen LogP contribution in [0.5, 0.6) is 5.75 Å². The van der Waals surface area contributed by atoms with Gasteiger partial charge in [0.15, 0.2) is 0 Å². The van der Waals surface area contributed by atoms with Gasteiger partial charge in [-0.3, -0.25) is 14.2 Å². The molecule has 0 saturated carbocycles. The van der Waals surface area contributed by atoms with Gasteiger partial charge in [-0.2, -0.15) is 0 Å². The molecule has 1 aromatic carbocycles. The number of aromatic nitrogens is 4. The number of carbonyl (C=O) groups is 1. The van der Waals surface area contributed by atoms with Crippen molar-refractivity contribution in [1.29, 1.82) is 0 Å². The van der Waals surface area contributed by atoms with Gasteiger partial charge >= 0.3 is 0 Å². The number of aliphatic hydroxyl groups is 2. The van der Waals surface area contributed by atoms with E-state index in [-0.39, 0.29) is 24.6 Å². The number of thiophene rings is 1. The lowest BCUT2D eigenvalue weighted by Gasteiger charge is -2.16. The molecule has 0 aliphatic heterocycles. The van der Waals surface area contributed by atoms with Crippen LogP contribution in [0.4, 0.5) is 0 Å². The molecule has 182 valence electrons. The Morgan fingerprint density at radius 3 is 2.80 bits per heavy atom. The van der Waals surface area contributed by atoms with Crippen molar-refractivity contribution >= 4 is 28.8 Å². The lowest BCUT2D eigenvalue weighted by atomic mass is 10.2. The predicted molar refractivity (Wildman–Crippen MR) is 131 cm³/mol. The summed E-state index contributed by atoms with van der Waals surface area (Å²) in [5.74, 6) is 0.0538. The van der Waals surface area contributed by atoms with Crippen molar-refractivity contribution in [2.75, 3.05) is 13.2 Å². The third-order valence-electron chi connectivity index (χ3n) is 5.12. The Balaban J connectivity index is 1.62. The number of pyridine rings is 1. The van der Waals surface area contributed by atoms with E-state index in [9.17, 15) is 14.7 Å². The molecule has 0 radical (unpaired) electrons. The number of ether oxygens (including phenoxy) is 1. The van der Waals surface area contributed by atoms with E-state index in [1.165, 1.54) is 22.0 Å². The molecule has 0 saturated heterocycles. The van der Waals surface area contributed by atoms with E-state index in [1.807, 2.05) is 0 Å². The molecule has 3 N–H and O–H groups in total. The van der Waals surface area contributed by atoms with Crippen LogP contribution >= 0.6 is 22.9 Å². The molecular formula is C23H22ClN5O5S. The first-order valence-electron chi connectivity index (χ1n) is 10.6. The van der Waals surface area contributed by atoms with Crippen LogP contribution in [0.1, 0.15) is 21.1 Å². The lowest BCUT2D eigenvalue weighted by molar-refractivity contribution is 0.0535. The molecule has 4 aromatic rings. The number of carbonyl (C=O) groups excluding carboxylic acids is 1. The number of benzene rings is 1. The summed E-state index contributed by atoms with van der Waals surface area (Å²) in [6.07, 6.45) is 0.547. The van der Waals surface area contributed by atoms with Gasteiger partial charge in [0.25, 0.3) is 11.5 Å². The first kappa shape index (κ1) is 24.6. The van der Waals surface area contributed by atoms with Crippen LogP contribution in [0, 0.1) is 6.92 Å². The quantitative estimate of drug-likeness (QED) is 0.311. The third-order valence-corrected chi connectivity index (χ3v) is 6.35. The normalized spacial score (nSPS) is 11.9. The van der Waals surface area contributed by atoms with Gasteiger partial charge in [0.05, 0.1) is 33.7 Å². The van der Waals surface area contributed by atoms with E-state index < -0.39 is 12.7 Å². The molecule has 0 fully saturated rings. The van der Waals surface area contributed by atoms with Crippen LogP contribution in [0.2, 0.25) is 4.34 Å². The second kappa shape index (κ2) is 10.8. The summed E-state index contributed by atoms with van der Waals surface area (Å²) in [7, 11) is 0. The van der Waals surface area contributed by atoms with Crippen molar-refractivity contribution < 1.29 is 19.7 Å². The summed E-state index contributed by atoms with van der Waals surface area (Å²) in [6.45, 7) is 1.31. The van der Waals surface area contributed by atoms with Crippen LogP contribution in [-0.4, -0.2) is 55.0 Å². The molecule has 1 atom stereocenters. The van der Waals surface area contributed by atoms with Crippen molar-refractivity contribution in [1.82, 2.24) is 24.9 Å². The number of rotatable bonds is 9. The number of nitrogens with zero attached hydrogens (tertiary/aromatic N) is 4. The van der Waals surface area contributed by atoms with E-state index >= 15 is 0 Å². The Morgan fingerprint density at radius 2 is 2.09 bits per heavy atom. The highest BCUT2D eigenvalue weighted by Gasteiger charge is 2.18. The number of amides is 1. The minimum absolute atomic E-state index is 0.150. The average molecular weight is 516 g/mol. The summed E-state index contributed by atoms with van der Waals surface area (Å²) in [6, 6.07) is 13.2.